The number of rotatable bonds is 5. The van der Waals surface area contributed by atoms with Crippen molar-refractivity contribution in [2.24, 2.45) is 5.73 Å². The zero-order valence-corrected chi connectivity index (χ0v) is 11.6. The summed E-state index contributed by atoms with van der Waals surface area (Å²) in [6, 6.07) is 4.38. The molecule has 3 heteroatoms. The van der Waals surface area contributed by atoms with E-state index in [1.807, 2.05) is 13.0 Å². The number of benzene rings is 1. The lowest BCUT2D eigenvalue weighted by Crippen LogP contribution is -2.32. The van der Waals surface area contributed by atoms with Gasteiger partial charge in [0.05, 0.1) is 7.11 Å². The highest BCUT2D eigenvalue weighted by Gasteiger charge is 2.09. The Kier molecular flexibility index (Phi) is 4.97. The standard InChI is InChI=1S/C14H24N2O/c1-10(15)8-16(4)9-13-6-7-14(17-5)12(3)11(13)2/h6-7,10H,8-9,15H2,1-5H3. The third kappa shape index (κ3) is 3.72. The molecule has 0 bridgehead atoms. The molecule has 96 valence electrons. The lowest BCUT2D eigenvalue weighted by Gasteiger charge is -2.21. The number of methoxy groups -OCH3 is 1. The number of ether oxygens (including phenoxy) is 1. The normalized spacial score (nSPS) is 12.9. The van der Waals surface area contributed by atoms with Crippen molar-refractivity contribution >= 4 is 0 Å². The summed E-state index contributed by atoms with van der Waals surface area (Å²) in [4.78, 5) is 2.25. The monoisotopic (exact) mass is 236 g/mol. The molecule has 0 radical (unpaired) electrons. The van der Waals surface area contributed by atoms with Crippen LogP contribution in [0.1, 0.15) is 23.6 Å². The van der Waals surface area contributed by atoms with Crippen LogP contribution in [0, 0.1) is 13.8 Å². The SMILES string of the molecule is COc1ccc(CN(C)CC(C)N)c(C)c1C. The molecular weight excluding hydrogens is 212 g/mol. The quantitative estimate of drug-likeness (QED) is 0.851. The van der Waals surface area contributed by atoms with E-state index in [-0.39, 0.29) is 6.04 Å². The fraction of sp³-hybridized carbons (Fsp3) is 0.571. The Morgan fingerprint density at radius 3 is 2.47 bits per heavy atom. The maximum atomic E-state index is 5.80. The van der Waals surface area contributed by atoms with E-state index in [2.05, 4.69) is 31.9 Å². The Morgan fingerprint density at radius 1 is 1.29 bits per heavy atom. The minimum absolute atomic E-state index is 0.208. The largest absolute Gasteiger partial charge is 0.496 e. The van der Waals surface area contributed by atoms with Crippen LogP contribution in [0.15, 0.2) is 12.1 Å². The van der Waals surface area contributed by atoms with E-state index in [9.17, 15) is 0 Å². The van der Waals surface area contributed by atoms with Crippen molar-refractivity contribution in [2.75, 3.05) is 20.7 Å². The Labute approximate surface area is 105 Å². The third-order valence-corrected chi connectivity index (χ3v) is 3.11. The first-order valence-corrected chi connectivity index (χ1v) is 6.03. The Balaban J connectivity index is 2.82. The van der Waals surface area contributed by atoms with E-state index in [1.54, 1.807) is 7.11 Å². The van der Waals surface area contributed by atoms with Gasteiger partial charge in [-0.3, -0.25) is 0 Å². The summed E-state index contributed by atoms with van der Waals surface area (Å²) >= 11 is 0. The average molecular weight is 236 g/mol. The van der Waals surface area contributed by atoms with Gasteiger partial charge in [-0.1, -0.05) is 6.07 Å². The molecular formula is C14H24N2O. The molecule has 0 spiro atoms. The highest BCUT2D eigenvalue weighted by atomic mass is 16.5. The second-order valence-electron chi connectivity index (χ2n) is 4.85. The first kappa shape index (κ1) is 14.0. The molecule has 0 aromatic heterocycles. The molecule has 0 heterocycles. The topological polar surface area (TPSA) is 38.5 Å². The van der Waals surface area contributed by atoms with E-state index in [0.29, 0.717) is 0 Å². The maximum Gasteiger partial charge on any atom is 0.122 e. The van der Waals surface area contributed by atoms with Crippen LogP contribution in [0.4, 0.5) is 0 Å². The Morgan fingerprint density at radius 2 is 1.94 bits per heavy atom. The van der Waals surface area contributed by atoms with Crippen molar-refractivity contribution in [3.8, 4) is 5.75 Å². The summed E-state index contributed by atoms with van der Waals surface area (Å²) in [6.45, 7) is 8.11. The van der Waals surface area contributed by atoms with E-state index in [4.69, 9.17) is 10.5 Å². The van der Waals surface area contributed by atoms with Crippen LogP contribution < -0.4 is 10.5 Å². The van der Waals surface area contributed by atoms with Gasteiger partial charge in [0.1, 0.15) is 5.75 Å². The Hall–Kier alpha value is -1.06. The summed E-state index contributed by atoms with van der Waals surface area (Å²) in [5.41, 5.74) is 9.67. The first-order chi connectivity index (χ1) is 7.95. The molecule has 17 heavy (non-hydrogen) atoms. The molecule has 2 N–H and O–H groups in total. The number of nitrogens with two attached hydrogens (primary N) is 1. The minimum Gasteiger partial charge on any atom is -0.496 e. The van der Waals surface area contributed by atoms with Crippen molar-refractivity contribution in [1.29, 1.82) is 0 Å². The van der Waals surface area contributed by atoms with Crippen molar-refractivity contribution in [3.63, 3.8) is 0 Å². The van der Waals surface area contributed by atoms with Crippen LogP contribution in [0.2, 0.25) is 0 Å². The first-order valence-electron chi connectivity index (χ1n) is 6.03. The van der Waals surface area contributed by atoms with Gasteiger partial charge in [-0.05, 0) is 50.6 Å². The molecule has 0 aliphatic rings. The van der Waals surface area contributed by atoms with Crippen molar-refractivity contribution in [1.82, 2.24) is 4.90 Å². The molecule has 1 unspecified atom stereocenters. The van der Waals surface area contributed by atoms with Crippen LogP contribution in [-0.2, 0) is 6.54 Å². The van der Waals surface area contributed by atoms with E-state index >= 15 is 0 Å². The summed E-state index contributed by atoms with van der Waals surface area (Å²) in [5.74, 6) is 0.959. The van der Waals surface area contributed by atoms with Gasteiger partial charge in [0.15, 0.2) is 0 Å². The molecule has 3 nitrogen and oxygen atoms in total. The van der Waals surface area contributed by atoms with Gasteiger partial charge < -0.3 is 15.4 Å². The fourth-order valence-electron chi connectivity index (χ4n) is 2.09. The van der Waals surface area contributed by atoms with Crippen LogP contribution in [0.5, 0.6) is 5.75 Å². The highest BCUT2D eigenvalue weighted by Crippen LogP contribution is 2.24. The second-order valence-corrected chi connectivity index (χ2v) is 4.85. The summed E-state index contributed by atoms with van der Waals surface area (Å²) < 4.78 is 5.32. The Bertz CT molecular complexity index is 375. The van der Waals surface area contributed by atoms with Crippen molar-refractivity contribution in [3.05, 3.63) is 28.8 Å². The highest BCUT2D eigenvalue weighted by molar-refractivity contribution is 5.43. The molecule has 0 fully saturated rings. The van der Waals surface area contributed by atoms with Gasteiger partial charge in [0, 0.05) is 19.1 Å². The zero-order valence-electron chi connectivity index (χ0n) is 11.6. The lowest BCUT2D eigenvalue weighted by molar-refractivity contribution is 0.309. The van der Waals surface area contributed by atoms with Crippen molar-refractivity contribution in [2.45, 2.75) is 33.4 Å². The second kappa shape index (κ2) is 6.03. The number of nitrogens with zero attached hydrogens (tertiary/aromatic N) is 1. The molecule has 1 aromatic rings. The molecule has 0 aliphatic heterocycles. The number of hydrogen-bond acceptors (Lipinski definition) is 3. The molecule has 1 aromatic carbocycles. The van der Waals surface area contributed by atoms with Crippen molar-refractivity contribution < 1.29 is 4.74 Å². The van der Waals surface area contributed by atoms with Gasteiger partial charge in [0.2, 0.25) is 0 Å². The van der Waals surface area contributed by atoms with Crippen LogP contribution >= 0.6 is 0 Å². The third-order valence-electron chi connectivity index (χ3n) is 3.11. The summed E-state index contributed by atoms with van der Waals surface area (Å²) in [5, 5.41) is 0. The predicted octanol–water partition coefficient (Wildman–Crippen LogP) is 2.09. The van der Waals surface area contributed by atoms with Gasteiger partial charge in [-0.2, -0.15) is 0 Å². The fourth-order valence-corrected chi connectivity index (χ4v) is 2.09. The molecule has 0 saturated carbocycles. The predicted molar refractivity (Wildman–Crippen MR) is 72.5 cm³/mol. The van der Waals surface area contributed by atoms with Crippen LogP contribution in [0.3, 0.4) is 0 Å². The smallest absolute Gasteiger partial charge is 0.122 e. The summed E-state index contributed by atoms with van der Waals surface area (Å²) in [6.07, 6.45) is 0. The van der Waals surface area contributed by atoms with E-state index in [1.165, 1.54) is 16.7 Å². The van der Waals surface area contributed by atoms with E-state index in [0.717, 1.165) is 18.8 Å². The average Bonchev–Trinajstić information content (AvgIpc) is 2.24. The minimum atomic E-state index is 0.208. The van der Waals surface area contributed by atoms with Gasteiger partial charge in [-0.15, -0.1) is 0 Å². The maximum absolute atomic E-state index is 5.80. The zero-order chi connectivity index (χ0) is 13.0. The van der Waals surface area contributed by atoms with Gasteiger partial charge >= 0.3 is 0 Å². The molecule has 0 aliphatic carbocycles. The number of hydrogen-bond donors (Lipinski definition) is 1. The molecule has 1 rings (SSSR count). The van der Waals surface area contributed by atoms with Gasteiger partial charge in [0.25, 0.3) is 0 Å². The van der Waals surface area contributed by atoms with E-state index < -0.39 is 0 Å². The van der Waals surface area contributed by atoms with Gasteiger partial charge in [-0.25, -0.2) is 0 Å². The molecule has 1 atom stereocenters. The molecule has 0 amide bonds. The molecule has 0 saturated heterocycles. The van der Waals surface area contributed by atoms with Crippen LogP contribution in [0.25, 0.3) is 0 Å². The lowest BCUT2D eigenvalue weighted by atomic mass is 10.0. The number of likely N-dealkylation sites (N-methyl/N-ethyl adjacent to an activating group) is 1. The van der Waals surface area contributed by atoms with Crippen LogP contribution in [-0.4, -0.2) is 31.6 Å². The summed E-state index contributed by atoms with van der Waals surface area (Å²) in [7, 11) is 3.81.